The molecular weight excluding hydrogens is 252 g/mol. The quantitative estimate of drug-likeness (QED) is 0.864. The first kappa shape index (κ1) is 14.9. The Morgan fingerprint density at radius 2 is 2.10 bits per heavy atom. The fraction of sp³-hybridized carbons (Fsp3) is 0.562. The van der Waals surface area contributed by atoms with Crippen LogP contribution >= 0.6 is 0 Å². The summed E-state index contributed by atoms with van der Waals surface area (Å²) < 4.78 is 5.68. The van der Waals surface area contributed by atoms with Gasteiger partial charge in [-0.15, -0.1) is 0 Å². The first-order valence-electron chi connectivity index (χ1n) is 7.35. The maximum atomic E-state index is 11.8. The molecule has 1 saturated heterocycles. The van der Waals surface area contributed by atoms with Crippen LogP contribution in [0.2, 0.25) is 0 Å². The third-order valence-electron chi connectivity index (χ3n) is 3.62. The minimum atomic E-state index is 0.0849. The molecule has 4 nitrogen and oxygen atoms in total. The highest BCUT2D eigenvalue weighted by Crippen LogP contribution is 2.18. The Hall–Kier alpha value is -1.55. The molecule has 1 heterocycles. The molecule has 4 heteroatoms. The minimum absolute atomic E-state index is 0.0849. The van der Waals surface area contributed by atoms with Gasteiger partial charge in [0, 0.05) is 6.04 Å². The molecule has 0 spiro atoms. The lowest BCUT2D eigenvalue weighted by Gasteiger charge is -2.23. The zero-order valence-electron chi connectivity index (χ0n) is 12.4. The molecule has 2 rings (SSSR count). The number of carbonyl (C=O) groups is 1. The summed E-state index contributed by atoms with van der Waals surface area (Å²) in [6.45, 7) is 6.50. The number of piperidine rings is 1. The van der Waals surface area contributed by atoms with Crippen molar-refractivity contribution in [2.24, 2.45) is 0 Å². The first-order chi connectivity index (χ1) is 9.65. The van der Waals surface area contributed by atoms with Crippen LogP contribution in [0.4, 0.5) is 0 Å². The summed E-state index contributed by atoms with van der Waals surface area (Å²) in [7, 11) is 0. The summed E-state index contributed by atoms with van der Waals surface area (Å²) in [5.41, 5.74) is 2.34. The number of nitrogens with one attached hydrogen (secondary N) is 2. The number of amides is 1. The van der Waals surface area contributed by atoms with Crippen molar-refractivity contribution < 1.29 is 9.53 Å². The second-order valence-corrected chi connectivity index (χ2v) is 5.46. The Balaban J connectivity index is 1.70. The van der Waals surface area contributed by atoms with E-state index in [0.717, 1.165) is 37.2 Å². The largest absolute Gasteiger partial charge is 0.493 e. The van der Waals surface area contributed by atoms with Gasteiger partial charge in [0.2, 0.25) is 5.91 Å². The van der Waals surface area contributed by atoms with E-state index in [1.807, 2.05) is 19.1 Å². The van der Waals surface area contributed by atoms with E-state index in [0.29, 0.717) is 19.1 Å². The fourth-order valence-electron chi connectivity index (χ4n) is 2.48. The van der Waals surface area contributed by atoms with Crippen molar-refractivity contribution in [2.75, 3.05) is 19.7 Å². The van der Waals surface area contributed by atoms with Crippen LogP contribution in [0.1, 0.15) is 30.4 Å². The van der Waals surface area contributed by atoms with Gasteiger partial charge in [-0.25, -0.2) is 0 Å². The molecule has 0 aliphatic carbocycles. The van der Waals surface area contributed by atoms with Gasteiger partial charge in [0.25, 0.3) is 0 Å². The van der Waals surface area contributed by atoms with Crippen molar-refractivity contribution in [2.45, 2.75) is 39.2 Å². The van der Waals surface area contributed by atoms with Crippen molar-refractivity contribution in [3.8, 4) is 5.75 Å². The van der Waals surface area contributed by atoms with Gasteiger partial charge >= 0.3 is 0 Å². The smallest absolute Gasteiger partial charge is 0.223 e. The van der Waals surface area contributed by atoms with Crippen molar-refractivity contribution >= 4 is 5.91 Å². The van der Waals surface area contributed by atoms with E-state index in [1.165, 1.54) is 5.56 Å². The molecule has 0 atom stereocenters. The van der Waals surface area contributed by atoms with Gasteiger partial charge in [-0.1, -0.05) is 17.7 Å². The average Bonchev–Trinajstić information content (AvgIpc) is 2.42. The van der Waals surface area contributed by atoms with E-state index in [-0.39, 0.29) is 5.91 Å². The second-order valence-electron chi connectivity index (χ2n) is 5.46. The summed E-state index contributed by atoms with van der Waals surface area (Å²) >= 11 is 0. The molecule has 0 radical (unpaired) electrons. The van der Waals surface area contributed by atoms with Gasteiger partial charge in [-0.3, -0.25) is 4.79 Å². The van der Waals surface area contributed by atoms with Crippen LogP contribution in [0, 0.1) is 13.8 Å². The van der Waals surface area contributed by atoms with E-state index in [9.17, 15) is 4.79 Å². The van der Waals surface area contributed by atoms with E-state index in [1.54, 1.807) is 0 Å². The van der Waals surface area contributed by atoms with Crippen LogP contribution in [0.5, 0.6) is 5.75 Å². The molecule has 1 aliphatic rings. The number of rotatable bonds is 5. The number of hydrogen-bond donors (Lipinski definition) is 2. The molecule has 1 amide bonds. The average molecular weight is 276 g/mol. The Bertz CT molecular complexity index is 454. The maximum absolute atomic E-state index is 11.8. The third-order valence-corrected chi connectivity index (χ3v) is 3.62. The molecule has 1 aromatic rings. The van der Waals surface area contributed by atoms with Crippen LogP contribution in [0.3, 0.4) is 0 Å². The Morgan fingerprint density at radius 1 is 1.35 bits per heavy atom. The molecule has 1 aliphatic heterocycles. The number of hydrogen-bond acceptors (Lipinski definition) is 3. The summed E-state index contributed by atoms with van der Waals surface area (Å²) in [6, 6.07) is 6.40. The Morgan fingerprint density at radius 3 is 2.80 bits per heavy atom. The minimum Gasteiger partial charge on any atom is -0.493 e. The van der Waals surface area contributed by atoms with Gasteiger partial charge in [-0.2, -0.15) is 0 Å². The lowest BCUT2D eigenvalue weighted by Crippen LogP contribution is -2.43. The second kappa shape index (κ2) is 7.29. The topological polar surface area (TPSA) is 50.4 Å². The monoisotopic (exact) mass is 276 g/mol. The molecule has 1 fully saturated rings. The van der Waals surface area contributed by atoms with Crippen LogP contribution in [0.15, 0.2) is 18.2 Å². The standard InChI is InChI=1S/C16H24N2O2/c1-12-3-4-15(13(2)11-12)20-10-7-16(19)18-14-5-8-17-9-6-14/h3-4,11,14,17H,5-10H2,1-2H3,(H,18,19). The van der Waals surface area contributed by atoms with E-state index < -0.39 is 0 Å². The van der Waals surface area contributed by atoms with Gasteiger partial charge in [0.15, 0.2) is 0 Å². The van der Waals surface area contributed by atoms with Crippen LogP contribution < -0.4 is 15.4 Å². The molecule has 0 bridgehead atoms. The number of benzene rings is 1. The highest BCUT2D eigenvalue weighted by atomic mass is 16.5. The number of ether oxygens (including phenoxy) is 1. The normalized spacial score (nSPS) is 15.9. The number of carbonyl (C=O) groups excluding carboxylic acids is 1. The SMILES string of the molecule is Cc1ccc(OCCC(=O)NC2CCNCC2)c(C)c1. The zero-order valence-corrected chi connectivity index (χ0v) is 12.4. The molecule has 0 unspecified atom stereocenters. The van der Waals surface area contributed by atoms with Crippen molar-refractivity contribution in [3.05, 3.63) is 29.3 Å². The molecule has 0 saturated carbocycles. The van der Waals surface area contributed by atoms with Crippen molar-refractivity contribution in [3.63, 3.8) is 0 Å². The van der Waals surface area contributed by atoms with Gasteiger partial charge in [-0.05, 0) is 51.4 Å². The predicted octanol–water partition coefficient (Wildman–Crippen LogP) is 1.94. The van der Waals surface area contributed by atoms with Gasteiger partial charge < -0.3 is 15.4 Å². The summed E-state index contributed by atoms with van der Waals surface area (Å²) in [5, 5.41) is 6.36. The molecule has 1 aromatic carbocycles. The molecule has 20 heavy (non-hydrogen) atoms. The molecule has 110 valence electrons. The maximum Gasteiger partial charge on any atom is 0.223 e. The highest BCUT2D eigenvalue weighted by molar-refractivity contribution is 5.76. The van der Waals surface area contributed by atoms with Crippen LogP contribution in [-0.2, 0) is 4.79 Å². The fourth-order valence-corrected chi connectivity index (χ4v) is 2.48. The molecule has 2 N–H and O–H groups in total. The third kappa shape index (κ3) is 4.53. The van der Waals surface area contributed by atoms with E-state index >= 15 is 0 Å². The van der Waals surface area contributed by atoms with Crippen molar-refractivity contribution in [1.82, 2.24) is 10.6 Å². The van der Waals surface area contributed by atoms with E-state index in [2.05, 4.69) is 23.6 Å². The number of aryl methyl sites for hydroxylation is 2. The summed E-state index contributed by atoms with van der Waals surface area (Å²) in [6.07, 6.45) is 2.45. The van der Waals surface area contributed by atoms with Crippen LogP contribution in [0.25, 0.3) is 0 Å². The summed E-state index contributed by atoms with van der Waals surface area (Å²) in [4.78, 5) is 11.8. The Labute approximate surface area is 120 Å². The lowest BCUT2D eigenvalue weighted by molar-refractivity contribution is -0.122. The van der Waals surface area contributed by atoms with Gasteiger partial charge in [0.1, 0.15) is 5.75 Å². The highest BCUT2D eigenvalue weighted by Gasteiger charge is 2.15. The van der Waals surface area contributed by atoms with Crippen LogP contribution in [-0.4, -0.2) is 31.6 Å². The predicted molar refractivity (Wildman–Crippen MR) is 80.1 cm³/mol. The van der Waals surface area contributed by atoms with Gasteiger partial charge in [0.05, 0.1) is 13.0 Å². The van der Waals surface area contributed by atoms with E-state index in [4.69, 9.17) is 4.74 Å². The molecular formula is C16H24N2O2. The van der Waals surface area contributed by atoms with Crippen molar-refractivity contribution in [1.29, 1.82) is 0 Å². The summed E-state index contributed by atoms with van der Waals surface area (Å²) in [5.74, 6) is 0.951. The lowest BCUT2D eigenvalue weighted by atomic mass is 10.1. The Kier molecular flexibility index (Phi) is 5.41. The zero-order chi connectivity index (χ0) is 14.4. The molecule has 0 aromatic heterocycles. The first-order valence-corrected chi connectivity index (χ1v) is 7.35.